The SMILES string of the molecule is Cc1nnc(NC(=O)C2CC(=O)Nc3ccc(F)cc32)nc1C. The van der Waals surface area contributed by atoms with Gasteiger partial charge >= 0.3 is 0 Å². The first-order valence-electron chi connectivity index (χ1n) is 7.02. The van der Waals surface area contributed by atoms with E-state index in [1.807, 2.05) is 0 Å². The Morgan fingerprint density at radius 1 is 1.30 bits per heavy atom. The van der Waals surface area contributed by atoms with Gasteiger partial charge in [-0.2, -0.15) is 5.10 Å². The number of benzene rings is 1. The number of hydrogen-bond acceptors (Lipinski definition) is 5. The smallest absolute Gasteiger partial charge is 0.249 e. The molecule has 0 bridgehead atoms. The first-order valence-corrected chi connectivity index (χ1v) is 7.02. The zero-order valence-electron chi connectivity index (χ0n) is 12.6. The van der Waals surface area contributed by atoms with E-state index in [-0.39, 0.29) is 18.3 Å². The Hall–Kier alpha value is -2.90. The van der Waals surface area contributed by atoms with Crippen molar-refractivity contribution >= 4 is 23.5 Å². The molecule has 8 heteroatoms. The molecule has 7 nitrogen and oxygen atoms in total. The molecule has 1 aliphatic rings. The van der Waals surface area contributed by atoms with Crippen LogP contribution < -0.4 is 10.6 Å². The van der Waals surface area contributed by atoms with Crippen molar-refractivity contribution in [1.29, 1.82) is 0 Å². The molecule has 1 unspecified atom stereocenters. The van der Waals surface area contributed by atoms with E-state index in [4.69, 9.17) is 0 Å². The number of aryl methyl sites for hydroxylation is 2. The number of carbonyl (C=O) groups excluding carboxylic acids is 2. The second-order valence-electron chi connectivity index (χ2n) is 5.33. The summed E-state index contributed by atoms with van der Waals surface area (Å²) in [5, 5.41) is 12.8. The molecule has 3 rings (SSSR count). The van der Waals surface area contributed by atoms with E-state index in [9.17, 15) is 14.0 Å². The topological polar surface area (TPSA) is 96.9 Å². The molecular weight excluding hydrogens is 301 g/mol. The number of anilines is 2. The number of aromatic nitrogens is 3. The van der Waals surface area contributed by atoms with Gasteiger partial charge in [0.2, 0.25) is 17.8 Å². The zero-order chi connectivity index (χ0) is 16.6. The highest BCUT2D eigenvalue weighted by molar-refractivity contribution is 6.04. The normalized spacial score (nSPS) is 16.5. The van der Waals surface area contributed by atoms with E-state index in [2.05, 4.69) is 25.8 Å². The third-order valence-corrected chi connectivity index (χ3v) is 3.70. The van der Waals surface area contributed by atoms with Crippen LogP contribution in [0.25, 0.3) is 0 Å². The predicted octanol–water partition coefficient (Wildman–Crippen LogP) is 1.69. The lowest BCUT2D eigenvalue weighted by molar-refractivity contribution is -0.123. The Morgan fingerprint density at radius 2 is 2.09 bits per heavy atom. The zero-order valence-corrected chi connectivity index (χ0v) is 12.6. The molecule has 1 atom stereocenters. The molecule has 1 aliphatic heterocycles. The van der Waals surface area contributed by atoms with Crippen molar-refractivity contribution in [2.75, 3.05) is 10.6 Å². The average Bonchev–Trinajstić information content (AvgIpc) is 2.50. The average molecular weight is 315 g/mol. The molecule has 118 valence electrons. The van der Waals surface area contributed by atoms with E-state index < -0.39 is 17.6 Å². The minimum absolute atomic E-state index is 0.0574. The molecule has 2 aromatic rings. The molecule has 0 saturated carbocycles. The molecule has 2 heterocycles. The number of nitrogens with zero attached hydrogens (tertiary/aromatic N) is 3. The highest BCUT2D eigenvalue weighted by Crippen LogP contribution is 2.33. The molecule has 2 N–H and O–H groups in total. The van der Waals surface area contributed by atoms with E-state index in [1.54, 1.807) is 13.8 Å². The predicted molar refractivity (Wildman–Crippen MR) is 80.3 cm³/mol. The second-order valence-corrected chi connectivity index (χ2v) is 5.33. The molecule has 2 amide bonds. The number of amides is 2. The summed E-state index contributed by atoms with van der Waals surface area (Å²) < 4.78 is 13.5. The van der Waals surface area contributed by atoms with Crippen molar-refractivity contribution in [3.63, 3.8) is 0 Å². The fourth-order valence-electron chi connectivity index (χ4n) is 2.37. The lowest BCUT2D eigenvalue weighted by atomic mass is 9.89. The summed E-state index contributed by atoms with van der Waals surface area (Å²) >= 11 is 0. The van der Waals surface area contributed by atoms with Crippen LogP contribution in [-0.4, -0.2) is 27.0 Å². The number of fused-ring (bicyclic) bond motifs is 1. The highest BCUT2D eigenvalue weighted by atomic mass is 19.1. The van der Waals surface area contributed by atoms with Crippen molar-refractivity contribution in [2.24, 2.45) is 0 Å². The Bertz CT molecular complexity index is 808. The molecule has 23 heavy (non-hydrogen) atoms. The number of rotatable bonds is 2. The third kappa shape index (κ3) is 3.01. The van der Waals surface area contributed by atoms with Gasteiger partial charge in [0.25, 0.3) is 0 Å². The minimum Gasteiger partial charge on any atom is -0.326 e. The first kappa shape index (κ1) is 15.0. The number of carbonyl (C=O) groups is 2. The van der Waals surface area contributed by atoms with Gasteiger partial charge in [-0.25, -0.2) is 9.37 Å². The molecule has 0 saturated heterocycles. The fraction of sp³-hybridized carbons (Fsp3) is 0.267. The van der Waals surface area contributed by atoms with Crippen molar-refractivity contribution in [3.05, 3.63) is 41.0 Å². The third-order valence-electron chi connectivity index (χ3n) is 3.70. The van der Waals surface area contributed by atoms with Crippen LogP contribution in [0, 0.1) is 19.7 Å². The monoisotopic (exact) mass is 315 g/mol. The van der Waals surface area contributed by atoms with Crippen molar-refractivity contribution in [2.45, 2.75) is 26.2 Å². The van der Waals surface area contributed by atoms with Crippen LogP contribution in [0.5, 0.6) is 0 Å². The molecular formula is C15H14FN5O2. The Balaban J connectivity index is 1.89. The summed E-state index contributed by atoms with van der Waals surface area (Å²) in [6, 6.07) is 3.92. The summed E-state index contributed by atoms with van der Waals surface area (Å²) in [5.74, 6) is -2.00. The summed E-state index contributed by atoms with van der Waals surface area (Å²) in [6.45, 7) is 3.50. The van der Waals surface area contributed by atoms with Gasteiger partial charge in [-0.1, -0.05) is 0 Å². The fourth-order valence-corrected chi connectivity index (χ4v) is 2.37. The van der Waals surface area contributed by atoms with Crippen LogP contribution in [0.3, 0.4) is 0 Å². The maximum absolute atomic E-state index is 13.5. The van der Waals surface area contributed by atoms with Gasteiger partial charge in [0.15, 0.2) is 0 Å². The summed E-state index contributed by atoms with van der Waals surface area (Å²) in [7, 11) is 0. The summed E-state index contributed by atoms with van der Waals surface area (Å²) in [5.41, 5.74) is 2.16. The van der Waals surface area contributed by atoms with Crippen molar-refractivity contribution in [1.82, 2.24) is 15.2 Å². The standard InChI is InChI=1S/C15H14FN5O2/c1-7-8(2)20-21-15(17-7)19-14(23)11-6-13(22)18-12-4-3-9(16)5-10(11)12/h3-5,11H,6H2,1-2H3,(H,18,22)(H,17,19,21,23). The van der Waals surface area contributed by atoms with E-state index >= 15 is 0 Å². The van der Waals surface area contributed by atoms with Gasteiger partial charge in [-0.05, 0) is 37.6 Å². The van der Waals surface area contributed by atoms with Gasteiger partial charge in [0, 0.05) is 12.1 Å². The number of hydrogen-bond donors (Lipinski definition) is 2. The maximum Gasteiger partial charge on any atom is 0.249 e. The van der Waals surface area contributed by atoms with Gasteiger partial charge in [-0.3, -0.25) is 14.9 Å². The quantitative estimate of drug-likeness (QED) is 0.879. The Kier molecular flexibility index (Phi) is 3.73. The second kappa shape index (κ2) is 5.71. The number of halogens is 1. The van der Waals surface area contributed by atoms with Crippen LogP contribution in [0.2, 0.25) is 0 Å². The summed E-state index contributed by atoms with van der Waals surface area (Å²) in [4.78, 5) is 28.3. The largest absolute Gasteiger partial charge is 0.326 e. The molecule has 0 radical (unpaired) electrons. The molecule has 1 aromatic heterocycles. The Labute approximate surface area is 131 Å². The van der Waals surface area contributed by atoms with Gasteiger partial charge in [0.1, 0.15) is 5.82 Å². The Morgan fingerprint density at radius 3 is 2.83 bits per heavy atom. The maximum atomic E-state index is 13.5. The van der Waals surface area contributed by atoms with Crippen LogP contribution >= 0.6 is 0 Å². The molecule has 1 aromatic carbocycles. The van der Waals surface area contributed by atoms with Crippen LogP contribution in [0.1, 0.15) is 29.3 Å². The molecule has 0 spiro atoms. The van der Waals surface area contributed by atoms with Crippen LogP contribution in [0.4, 0.5) is 16.0 Å². The van der Waals surface area contributed by atoms with Gasteiger partial charge in [0.05, 0.1) is 17.3 Å². The van der Waals surface area contributed by atoms with Crippen molar-refractivity contribution < 1.29 is 14.0 Å². The van der Waals surface area contributed by atoms with Gasteiger partial charge in [-0.15, -0.1) is 5.10 Å². The van der Waals surface area contributed by atoms with Crippen molar-refractivity contribution in [3.8, 4) is 0 Å². The van der Waals surface area contributed by atoms with Crippen LogP contribution in [0.15, 0.2) is 18.2 Å². The lowest BCUT2D eigenvalue weighted by Crippen LogP contribution is -2.31. The van der Waals surface area contributed by atoms with E-state index in [0.717, 1.165) is 0 Å². The first-order chi connectivity index (χ1) is 10.9. The van der Waals surface area contributed by atoms with E-state index in [0.29, 0.717) is 22.6 Å². The van der Waals surface area contributed by atoms with E-state index in [1.165, 1.54) is 18.2 Å². The van der Waals surface area contributed by atoms with Gasteiger partial charge < -0.3 is 5.32 Å². The minimum atomic E-state index is -0.806. The number of nitrogens with one attached hydrogen (secondary N) is 2. The summed E-state index contributed by atoms with van der Waals surface area (Å²) in [6.07, 6.45) is -0.0689. The highest BCUT2D eigenvalue weighted by Gasteiger charge is 2.31. The molecule has 0 fully saturated rings. The molecule has 0 aliphatic carbocycles. The lowest BCUT2D eigenvalue weighted by Gasteiger charge is -2.24. The van der Waals surface area contributed by atoms with Crippen LogP contribution in [-0.2, 0) is 9.59 Å².